The molecule has 2 nitrogen and oxygen atoms in total. The van der Waals surface area contributed by atoms with Gasteiger partial charge in [-0.05, 0) is 42.5 Å². The van der Waals surface area contributed by atoms with Crippen LogP contribution < -0.4 is 4.90 Å². The molecule has 0 radical (unpaired) electrons. The molecule has 17 heavy (non-hydrogen) atoms. The summed E-state index contributed by atoms with van der Waals surface area (Å²) in [5.41, 5.74) is 2.38. The molecule has 92 valence electrons. The Kier molecular flexibility index (Phi) is 3.87. The van der Waals surface area contributed by atoms with Gasteiger partial charge in [0.05, 0.1) is 0 Å². The molecule has 0 unspecified atom stereocenters. The highest BCUT2D eigenvalue weighted by Crippen LogP contribution is 2.30. The van der Waals surface area contributed by atoms with E-state index in [0.717, 1.165) is 29.5 Å². The molecule has 0 N–H and O–H groups in total. The minimum Gasteiger partial charge on any atom is -0.312 e. The zero-order chi connectivity index (χ0) is 12.4. The number of anilines is 1. The lowest BCUT2D eigenvalue weighted by atomic mass is 10.00. The Labute approximate surface area is 111 Å². The molecule has 0 saturated carbocycles. The maximum atomic E-state index is 12.0. The average Bonchev–Trinajstić information content (AvgIpc) is 2.27. The van der Waals surface area contributed by atoms with Gasteiger partial charge in [0.2, 0.25) is 5.91 Å². The molecule has 1 aliphatic rings. The van der Waals surface area contributed by atoms with Crippen molar-refractivity contribution in [3.63, 3.8) is 0 Å². The second-order valence-corrected chi connectivity index (χ2v) is 5.92. The van der Waals surface area contributed by atoms with Crippen LogP contribution in [-0.4, -0.2) is 12.5 Å². The van der Waals surface area contributed by atoms with Crippen molar-refractivity contribution in [3.8, 4) is 0 Å². The number of rotatable bonds is 3. The molecule has 1 aromatic rings. The number of hydrogen-bond acceptors (Lipinski definition) is 1. The summed E-state index contributed by atoms with van der Waals surface area (Å²) in [5, 5.41) is 0. The summed E-state index contributed by atoms with van der Waals surface area (Å²) in [4.78, 5) is 13.9. The Morgan fingerprint density at radius 1 is 1.35 bits per heavy atom. The Bertz CT molecular complexity index is 428. The molecule has 1 heterocycles. The highest BCUT2D eigenvalue weighted by atomic mass is 79.9. The first-order valence-corrected chi connectivity index (χ1v) is 6.96. The van der Waals surface area contributed by atoms with E-state index in [2.05, 4.69) is 41.9 Å². The molecule has 3 heteroatoms. The standard InChI is InChI=1S/C14H18BrNO/c1-10(2)7-8-16-13-5-4-12(15)9-11(13)3-6-14(16)17/h4-5,9-10H,3,6-8H2,1-2H3. The summed E-state index contributed by atoms with van der Waals surface area (Å²) in [5.74, 6) is 0.893. The van der Waals surface area contributed by atoms with Crippen molar-refractivity contribution < 1.29 is 4.79 Å². The van der Waals surface area contributed by atoms with Gasteiger partial charge in [0, 0.05) is 23.1 Å². The van der Waals surface area contributed by atoms with E-state index >= 15 is 0 Å². The van der Waals surface area contributed by atoms with E-state index in [-0.39, 0.29) is 5.91 Å². The maximum Gasteiger partial charge on any atom is 0.227 e. The van der Waals surface area contributed by atoms with Crippen LogP contribution in [0.5, 0.6) is 0 Å². The molecule has 0 spiro atoms. The van der Waals surface area contributed by atoms with Crippen LogP contribution in [0.1, 0.15) is 32.3 Å². The third-order valence-electron chi connectivity index (χ3n) is 3.17. The lowest BCUT2D eigenvalue weighted by Gasteiger charge is -2.30. The van der Waals surface area contributed by atoms with Gasteiger partial charge < -0.3 is 4.90 Å². The van der Waals surface area contributed by atoms with Crippen LogP contribution in [0.2, 0.25) is 0 Å². The predicted octanol–water partition coefficient (Wildman–Crippen LogP) is 3.77. The molecule has 1 amide bonds. The summed E-state index contributed by atoms with van der Waals surface area (Å²) in [6.07, 6.45) is 2.56. The third kappa shape index (κ3) is 2.89. The van der Waals surface area contributed by atoms with E-state index in [0.29, 0.717) is 12.3 Å². The van der Waals surface area contributed by atoms with E-state index in [1.807, 2.05) is 11.0 Å². The monoisotopic (exact) mass is 295 g/mol. The average molecular weight is 296 g/mol. The van der Waals surface area contributed by atoms with Gasteiger partial charge in [-0.25, -0.2) is 0 Å². The van der Waals surface area contributed by atoms with Gasteiger partial charge in [-0.15, -0.1) is 0 Å². The molecule has 2 rings (SSSR count). The Hall–Kier alpha value is -0.830. The van der Waals surface area contributed by atoms with E-state index in [4.69, 9.17) is 0 Å². The SMILES string of the molecule is CC(C)CCN1C(=O)CCc2cc(Br)ccc21. The van der Waals surface area contributed by atoms with Crippen molar-refractivity contribution in [3.05, 3.63) is 28.2 Å². The molecule has 0 saturated heterocycles. The van der Waals surface area contributed by atoms with Crippen LogP contribution in [0.3, 0.4) is 0 Å². The predicted molar refractivity (Wildman–Crippen MR) is 74.3 cm³/mol. The van der Waals surface area contributed by atoms with Crippen molar-refractivity contribution in [1.29, 1.82) is 0 Å². The van der Waals surface area contributed by atoms with Gasteiger partial charge in [-0.3, -0.25) is 4.79 Å². The minimum atomic E-state index is 0.264. The lowest BCUT2D eigenvalue weighted by molar-refractivity contribution is -0.118. The van der Waals surface area contributed by atoms with Crippen molar-refractivity contribution in [2.45, 2.75) is 33.1 Å². The number of amides is 1. The Morgan fingerprint density at radius 3 is 2.82 bits per heavy atom. The molecule has 0 bridgehead atoms. The smallest absolute Gasteiger partial charge is 0.227 e. The Balaban J connectivity index is 2.24. The van der Waals surface area contributed by atoms with Gasteiger partial charge >= 0.3 is 0 Å². The molecule has 0 atom stereocenters. The first kappa shape index (κ1) is 12.6. The van der Waals surface area contributed by atoms with Gasteiger partial charge in [0.25, 0.3) is 0 Å². The quantitative estimate of drug-likeness (QED) is 0.831. The topological polar surface area (TPSA) is 20.3 Å². The van der Waals surface area contributed by atoms with Crippen LogP contribution in [0.25, 0.3) is 0 Å². The highest BCUT2D eigenvalue weighted by Gasteiger charge is 2.23. The van der Waals surface area contributed by atoms with E-state index in [1.165, 1.54) is 5.56 Å². The Morgan fingerprint density at radius 2 is 2.12 bits per heavy atom. The van der Waals surface area contributed by atoms with Crippen LogP contribution in [0.15, 0.2) is 22.7 Å². The fourth-order valence-corrected chi connectivity index (χ4v) is 2.57. The maximum absolute atomic E-state index is 12.0. The summed E-state index contributed by atoms with van der Waals surface area (Å²) in [6, 6.07) is 6.20. The largest absolute Gasteiger partial charge is 0.312 e. The second kappa shape index (κ2) is 5.21. The zero-order valence-corrected chi connectivity index (χ0v) is 12.0. The number of carbonyl (C=O) groups excluding carboxylic acids is 1. The van der Waals surface area contributed by atoms with Gasteiger partial charge in [-0.2, -0.15) is 0 Å². The zero-order valence-electron chi connectivity index (χ0n) is 10.4. The van der Waals surface area contributed by atoms with Crippen LogP contribution in [-0.2, 0) is 11.2 Å². The minimum absolute atomic E-state index is 0.264. The number of benzene rings is 1. The number of hydrogen-bond donors (Lipinski definition) is 0. The van der Waals surface area contributed by atoms with E-state index in [9.17, 15) is 4.79 Å². The summed E-state index contributed by atoms with van der Waals surface area (Å²) >= 11 is 3.48. The normalized spacial score (nSPS) is 15.3. The summed E-state index contributed by atoms with van der Waals surface area (Å²) < 4.78 is 1.09. The molecule has 0 aliphatic carbocycles. The van der Waals surface area contributed by atoms with Gasteiger partial charge in [0.15, 0.2) is 0 Å². The first-order chi connectivity index (χ1) is 8.08. The molecule has 0 aromatic heterocycles. The van der Waals surface area contributed by atoms with E-state index < -0.39 is 0 Å². The lowest BCUT2D eigenvalue weighted by Crippen LogP contribution is -2.36. The summed E-state index contributed by atoms with van der Waals surface area (Å²) in [7, 11) is 0. The molecule has 1 aromatic carbocycles. The van der Waals surface area contributed by atoms with Crippen LogP contribution in [0.4, 0.5) is 5.69 Å². The van der Waals surface area contributed by atoms with Crippen LogP contribution >= 0.6 is 15.9 Å². The van der Waals surface area contributed by atoms with Crippen molar-refractivity contribution in [2.75, 3.05) is 11.4 Å². The second-order valence-electron chi connectivity index (χ2n) is 5.00. The number of halogens is 1. The molecular weight excluding hydrogens is 278 g/mol. The first-order valence-electron chi connectivity index (χ1n) is 6.16. The highest BCUT2D eigenvalue weighted by molar-refractivity contribution is 9.10. The van der Waals surface area contributed by atoms with Gasteiger partial charge in [0.1, 0.15) is 0 Å². The third-order valence-corrected chi connectivity index (χ3v) is 3.66. The van der Waals surface area contributed by atoms with Crippen molar-refractivity contribution >= 4 is 27.5 Å². The van der Waals surface area contributed by atoms with Crippen LogP contribution in [0, 0.1) is 5.92 Å². The molecular formula is C14H18BrNO. The number of carbonyl (C=O) groups is 1. The number of aryl methyl sites for hydroxylation is 1. The fourth-order valence-electron chi connectivity index (χ4n) is 2.16. The molecule has 0 fully saturated rings. The van der Waals surface area contributed by atoms with Gasteiger partial charge in [-0.1, -0.05) is 29.8 Å². The fraction of sp³-hybridized carbons (Fsp3) is 0.500. The van der Waals surface area contributed by atoms with Crippen molar-refractivity contribution in [2.24, 2.45) is 5.92 Å². The van der Waals surface area contributed by atoms with E-state index in [1.54, 1.807) is 0 Å². The van der Waals surface area contributed by atoms with Crippen molar-refractivity contribution in [1.82, 2.24) is 0 Å². The summed E-state index contributed by atoms with van der Waals surface area (Å²) in [6.45, 7) is 5.22. The number of nitrogens with zero attached hydrogens (tertiary/aromatic N) is 1. The molecule has 1 aliphatic heterocycles. The number of fused-ring (bicyclic) bond motifs is 1.